The van der Waals surface area contributed by atoms with Gasteiger partial charge in [-0.05, 0) is 37.1 Å². The molecule has 3 rings (SSSR count). The lowest BCUT2D eigenvalue weighted by molar-refractivity contribution is -0.127. The molecule has 2 saturated heterocycles. The fourth-order valence-corrected chi connectivity index (χ4v) is 3.18. The first-order valence-corrected chi connectivity index (χ1v) is 8.19. The minimum atomic E-state index is -0.704. The number of likely N-dealkylation sites (N-methyl/N-ethyl adjacent to an activating group) is 1. The van der Waals surface area contributed by atoms with Gasteiger partial charge in [-0.3, -0.25) is 14.4 Å². The number of piperidine rings is 1. The minimum absolute atomic E-state index is 0.122. The Kier molecular flexibility index (Phi) is 4.53. The lowest BCUT2D eigenvalue weighted by Crippen LogP contribution is -2.48. The number of nitrogens with zero attached hydrogens (tertiary/aromatic N) is 2. The van der Waals surface area contributed by atoms with E-state index < -0.39 is 12.1 Å². The van der Waals surface area contributed by atoms with Gasteiger partial charge in [0.1, 0.15) is 6.04 Å². The second-order valence-corrected chi connectivity index (χ2v) is 6.37. The summed E-state index contributed by atoms with van der Waals surface area (Å²) in [5.41, 5.74) is 7.12. The quantitative estimate of drug-likeness (QED) is 0.822. The van der Waals surface area contributed by atoms with Crippen LogP contribution in [0.2, 0.25) is 0 Å². The molecule has 7 heteroatoms. The summed E-state index contributed by atoms with van der Waals surface area (Å²) < 4.78 is 0. The average Bonchev–Trinajstić information content (AvgIpc) is 2.82. The van der Waals surface area contributed by atoms with Gasteiger partial charge in [0.05, 0.1) is 6.04 Å². The first-order valence-electron chi connectivity index (χ1n) is 8.19. The maximum atomic E-state index is 12.3. The van der Waals surface area contributed by atoms with Crippen LogP contribution in [0.3, 0.4) is 0 Å². The van der Waals surface area contributed by atoms with Gasteiger partial charge in [0, 0.05) is 37.8 Å². The van der Waals surface area contributed by atoms with Gasteiger partial charge in [-0.25, -0.2) is 0 Å². The first-order chi connectivity index (χ1) is 11.5. The van der Waals surface area contributed by atoms with Crippen LogP contribution in [-0.4, -0.2) is 54.8 Å². The molecule has 1 aromatic carbocycles. The molecular weight excluding hydrogens is 308 g/mol. The van der Waals surface area contributed by atoms with Crippen LogP contribution in [-0.2, 0) is 9.59 Å². The zero-order chi connectivity index (χ0) is 17.3. The van der Waals surface area contributed by atoms with Crippen LogP contribution in [0, 0.1) is 0 Å². The van der Waals surface area contributed by atoms with Crippen LogP contribution in [0.15, 0.2) is 24.3 Å². The van der Waals surface area contributed by atoms with Crippen molar-refractivity contribution < 1.29 is 14.4 Å². The predicted octanol–water partition coefficient (Wildman–Crippen LogP) is 0.101. The number of amides is 3. The Labute approximate surface area is 140 Å². The Balaban J connectivity index is 1.66. The molecular formula is C17H22N4O3. The third-order valence-corrected chi connectivity index (χ3v) is 4.65. The van der Waals surface area contributed by atoms with E-state index in [4.69, 9.17) is 5.73 Å². The zero-order valence-corrected chi connectivity index (χ0v) is 13.7. The molecule has 128 valence electrons. The SMILES string of the molecule is CN1CC(NC(=O)c2ccc(N3CCCCC3=O)cc2)C(N)C1=O. The topological polar surface area (TPSA) is 95.7 Å². The van der Waals surface area contributed by atoms with Crippen LogP contribution in [0.5, 0.6) is 0 Å². The number of rotatable bonds is 3. The number of nitrogens with two attached hydrogens (primary N) is 1. The van der Waals surface area contributed by atoms with E-state index >= 15 is 0 Å². The van der Waals surface area contributed by atoms with Crippen LogP contribution in [0.25, 0.3) is 0 Å². The van der Waals surface area contributed by atoms with E-state index in [0.717, 1.165) is 25.1 Å². The van der Waals surface area contributed by atoms with Gasteiger partial charge in [-0.1, -0.05) is 0 Å². The van der Waals surface area contributed by atoms with E-state index in [0.29, 0.717) is 18.5 Å². The number of hydrogen-bond acceptors (Lipinski definition) is 4. The molecule has 0 bridgehead atoms. The smallest absolute Gasteiger partial charge is 0.251 e. The van der Waals surface area contributed by atoms with Crippen molar-refractivity contribution in [1.82, 2.24) is 10.2 Å². The Bertz CT molecular complexity index is 658. The normalized spacial score (nSPS) is 24.4. The van der Waals surface area contributed by atoms with Crippen LogP contribution in [0.1, 0.15) is 29.6 Å². The molecule has 2 heterocycles. The highest BCUT2D eigenvalue weighted by Gasteiger charge is 2.36. The van der Waals surface area contributed by atoms with Gasteiger partial charge < -0.3 is 20.9 Å². The molecule has 0 aromatic heterocycles. The Morgan fingerprint density at radius 3 is 2.50 bits per heavy atom. The highest BCUT2D eigenvalue weighted by atomic mass is 16.2. The number of hydrogen-bond donors (Lipinski definition) is 2. The van der Waals surface area contributed by atoms with Crippen molar-refractivity contribution >= 4 is 23.4 Å². The number of likely N-dealkylation sites (tertiary alicyclic amines) is 1. The van der Waals surface area contributed by atoms with Gasteiger partial charge in [0.2, 0.25) is 11.8 Å². The maximum absolute atomic E-state index is 12.3. The number of carbonyl (C=O) groups excluding carboxylic acids is 3. The van der Waals surface area contributed by atoms with E-state index in [1.807, 2.05) is 0 Å². The molecule has 0 saturated carbocycles. The van der Waals surface area contributed by atoms with Crippen molar-refractivity contribution in [2.24, 2.45) is 5.73 Å². The standard InChI is InChI=1S/C17H22N4O3/c1-20-10-13(15(18)17(20)24)19-16(23)11-5-7-12(8-6-11)21-9-3-2-4-14(21)22/h5-8,13,15H,2-4,9-10,18H2,1H3,(H,19,23). The van der Waals surface area contributed by atoms with E-state index in [9.17, 15) is 14.4 Å². The van der Waals surface area contributed by atoms with E-state index in [1.54, 1.807) is 36.2 Å². The lowest BCUT2D eigenvalue weighted by atomic mass is 10.1. The maximum Gasteiger partial charge on any atom is 0.251 e. The molecule has 2 aliphatic heterocycles. The van der Waals surface area contributed by atoms with E-state index in [2.05, 4.69) is 5.32 Å². The molecule has 0 aliphatic carbocycles. The van der Waals surface area contributed by atoms with Crippen molar-refractivity contribution in [2.45, 2.75) is 31.3 Å². The number of carbonyl (C=O) groups is 3. The molecule has 24 heavy (non-hydrogen) atoms. The molecule has 2 atom stereocenters. The molecule has 0 radical (unpaired) electrons. The van der Waals surface area contributed by atoms with Crippen molar-refractivity contribution in [3.8, 4) is 0 Å². The van der Waals surface area contributed by atoms with Gasteiger partial charge >= 0.3 is 0 Å². The molecule has 7 nitrogen and oxygen atoms in total. The van der Waals surface area contributed by atoms with Crippen molar-refractivity contribution in [2.75, 3.05) is 25.0 Å². The van der Waals surface area contributed by atoms with Gasteiger partial charge in [0.15, 0.2) is 0 Å². The van der Waals surface area contributed by atoms with Crippen LogP contribution < -0.4 is 16.0 Å². The van der Waals surface area contributed by atoms with Crippen LogP contribution in [0.4, 0.5) is 5.69 Å². The fourth-order valence-electron chi connectivity index (χ4n) is 3.18. The minimum Gasteiger partial charge on any atom is -0.345 e. The molecule has 2 aliphatic rings. The molecule has 2 fully saturated rings. The summed E-state index contributed by atoms with van der Waals surface area (Å²) in [5.74, 6) is -0.314. The summed E-state index contributed by atoms with van der Waals surface area (Å²) in [4.78, 5) is 39.2. The third-order valence-electron chi connectivity index (χ3n) is 4.65. The Morgan fingerprint density at radius 1 is 1.21 bits per heavy atom. The van der Waals surface area contributed by atoms with E-state index in [-0.39, 0.29) is 17.7 Å². The summed E-state index contributed by atoms with van der Waals surface area (Å²) in [5, 5.41) is 2.81. The van der Waals surface area contributed by atoms with Gasteiger partial charge in [-0.2, -0.15) is 0 Å². The summed E-state index contributed by atoms with van der Waals surface area (Å²) >= 11 is 0. The van der Waals surface area contributed by atoms with E-state index in [1.165, 1.54) is 4.90 Å². The fraction of sp³-hybridized carbons (Fsp3) is 0.471. The summed E-state index contributed by atoms with van der Waals surface area (Å²) in [6.45, 7) is 1.13. The summed E-state index contributed by atoms with van der Waals surface area (Å²) in [6.07, 6.45) is 2.50. The summed E-state index contributed by atoms with van der Waals surface area (Å²) in [7, 11) is 1.67. The third kappa shape index (κ3) is 3.12. The van der Waals surface area contributed by atoms with Crippen molar-refractivity contribution in [1.29, 1.82) is 0 Å². The molecule has 0 spiro atoms. The number of anilines is 1. The average molecular weight is 330 g/mol. The number of benzene rings is 1. The predicted molar refractivity (Wildman–Crippen MR) is 89.5 cm³/mol. The second-order valence-electron chi connectivity index (χ2n) is 6.37. The van der Waals surface area contributed by atoms with Crippen molar-refractivity contribution in [3.05, 3.63) is 29.8 Å². The molecule has 2 unspecified atom stereocenters. The van der Waals surface area contributed by atoms with Gasteiger partial charge in [-0.15, -0.1) is 0 Å². The largest absolute Gasteiger partial charge is 0.345 e. The second kappa shape index (κ2) is 6.60. The van der Waals surface area contributed by atoms with Crippen molar-refractivity contribution in [3.63, 3.8) is 0 Å². The molecule has 3 amide bonds. The Morgan fingerprint density at radius 2 is 1.92 bits per heavy atom. The van der Waals surface area contributed by atoms with Gasteiger partial charge in [0.25, 0.3) is 5.91 Å². The molecule has 3 N–H and O–H groups in total. The highest BCUT2D eigenvalue weighted by Crippen LogP contribution is 2.21. The molecule has 1 aromatic rings. The summed E-state index contributed by atoms with van der Waals surface area (Å²) in [6, 6.07) is 5.85. The monoisotopic (exact) mass is 330 g/mol. The lowest BCUT2D eigenvalue weighted by Gasteiger charge is -2.26. The highest BCUT2D eigenvalue weighted by molar-refractivity contribution is 5.97. The van der Waals surface area contributed by atoms with Crippen LogP contribution >= 0.6 is 0 Å². The number of nitrogens with one attached hydrogen (secondary N) is 1. The zero-order valence-electron chi connectivity index (χ0n) is 13.7. The first kappa shape index (κ1) is 16.4. The Hall–Kier alpha value is -2.41.